The van der Waals surface area contributed by atoms with Gasteiger partial charge < -0.3 is 14.7 Å². The standard InChI is InChI=1S/C67H63N3/c1-7-56-19-15-17-50(5)66(56)69(59-21-11-9-12-22-59)64-43-33-54(34-44-64)27-25-52-29-39-61(40-30-52)68(63-47-37-58(38-48-63)49(3)4)62-41-31-53(32-42-62)26-28-55-35-45-65(46-36-55)70(60-23-13-10-14-24-60)67-51(6)18-16-20-57(67)8-2/h9-49H,7-8H2,1-6H3. The number of nitrogens with zero attached hydrogens (tertiary/aromatic N) is 3. The zero-order valence-corrected chi connectivity index (χ0v) is 41.4. The molecule has 0 heterocycles. The molecule has 0 aromatic heterocycles. The molecule has 0 bridgehead atoms. The van der Waals surface area contributed by atoms with Crippen LogP contribution in [0.2, 0.25) is 0 Å². The van der Waals surface area contributed by atoms with Crippen LogP contribution in [-0.4, -0.2) is 0 Å². The van der Waals surface area contributed by atoms with E-state index in [9.17, 15) is 0 Å². The maximum absolute atomic E-state index is 2.39. The number of anilines is 9. The van der Waals surface area contributed by atoms with E-state index in [1.165, 1.54) is 39.2 Å². The van der Waals surface area contributed by atoms with Gasteiger partial charge in [-0.05, 0) is 168 Å². The van der Waals surface area contributed by atoms with E-state index in [4.69, 9.17) is 0 Å². The molecule has 0 saturated carbocycles. The van der Waals surface area contributed by atoms with E-state index in [1.807, 2.05) is 0 Å². The van der Waals surface area contributed by atoms with Gasteiger partial charge in [0.25, 0.3) is 0 Å². The van der Waals surface area contributed by atoms with Crippen molar-refractivity contribution in [1.29, 1.82) is 0 Å². The second-order valence-corrected chi connectivity index (χ2v) is 18.3. The summed E-state index contributed by atoms with van der Waals surface area (Å²) in [6.07, 6.45) is 10.7. The van der Waals surface area contributed by atoms with Crippen LogP contribution in [0.3, 0.4) is 0 Å². The van der Waals surface area contributed by atoms with E-state index in [0.29, 0.717) is 5.92 Å². The highest BCUT2D eigenvalue weighted by Crippen LogP contribution is 2.41. The Balaban J connectivity index is 0.935. The molecule has 3 nitrogen and oxygen atoms in total. The van der Waals surface area contributed by atoms with Gasteiger partial charge in [-0.2, -0.15) is 0 Å². The van der Waals surface area contributed by atoms with Crippen molar-refractivity contribution in [3.63, 3.8) is 0 Å². The quantitative estimate of drug-likeness (QED) is 0.0895. The van der Waals surface area contributed by atoms with Crippen molar-refractivity contribution in [2.45, 2.75) is 60.3 Å². The third-order valence-electron chi connectivity index (χ3n) is 13.2. The van der Waals surface area contributed by atoms with Crippen LogP contribution in [0, 0.1) is 13.8 Å². The second-order valence-electron chi connectivity index (χ2n) is 18.3. The number of hydrogen-bond donors (Lipinski definition) is 0. The van der Waals surface area contributed by atoms with Gasteiger partial charge in [-0.1, -0.05) is 185 Å². The molecule has 0 aliphatic heterocycles. The molecule has 0 unspecified atom stereocenters. The molecule has 0 fully saturated rings. The Morgan fingerprint density at radius 1 is 0.314 bits per heavy atom. The molecule has 0 atom stereocenters. The van der Waals surface area contributed by atoms with Crippen LogP contribution in [-0.2, 0) is 12.8 Å². The van der Waals surface area contributed by atoms with Crippen molar-refractivity contribution in [1.82, 2.24) is 0 Å². The van der Waals surface area contributed by atoms with Gasteiger partial charge in [0, 0.05) is 39.8 Å². The predicted molar refractivity (Wildman–Crippen MR) is 304 cm³/mol. The van der Waals surface area contributed by atoms with E-state index >= 15 is 0 Å². The lowest BCUT2D eigenvalue weighted by molar-refractivity contribution is 0.866. The summed E-state index contributed by atoms with van der Waals surface area (Å²) in [5.74, 6) is 0.460. The number of rotatable bonds is 16. The van der Waals surface area contributed by atoms with Gasteiger partial charge >= 0.3 is 0 Å². The van der Waals surface area contributed by atoms with Crippen molar-refractivity contribution in [3.05, 3.63) is 268 Å². The molecule has 9 aromatic carbocycles. The van der Waals surface area contributed by atoms with Gasteiger partial charge in [0.15, 0.2) is 0 Å². The van der Waals surface area contributed by atoms with Crippen LogP contribution < -0.4 is 14.7 Å². The van der Waals surface area contributed by atoms with Crippen molar-refractivity contribution in [2.24, 2.45) is 0 Å². The largest absolute Gasteiger partial charge is 0.311 e. The lowest BCUT2D eigenvalue weighted by atomic mass is 10.0. The van der Waals surface area contributed by atoms with Crippen LogP contribution >= 0.6 is 0 Å². The van der Waals surface area contributed by atoms with Crippen molar-refractivity contribution in [2.75, 3.05) is 14.7 Å². The lowest BCUT2D eigenvalue weighted by Crippen LogP contribution is -2.13. The molecular weight excluding hydrogens is 847 g/mol. The second kappa shape index (κ2) is 21.9. The van der Waals surface area contributed by atoms with Crippen molar-refractivity contribution < 1.29 is 0 Å². The molecular formula is C67H63N3. The maximum Gasteiger partial charge on any atom is 0.0522 e. The molecule has 3 heteroatoms. The number of aryl methyl sites for hydroxylation is 4. The fraction of sp³-hybridized carbons (Fsp3) is 0.134. The highest BCUT2D eigenvalue weighted by atomic mass is 15.2. The number of hydrogen-bond acceptors (Lipinski definition) is 3. The summed E-state index contributed by atoms with van der Waals surface area (Å²) in [5.41, 5.74) is 21.5. The predicted octanol–water partition coefficient (Wildman–Crippen LogP) is 19.3. The van der Waals surface area contributed by atoms with Gasteiger partial charge in [-0.25, -0.2) is 0 Å². The molecule has 70 heavy (non-hydrogen) atoms. The first kappa shape index (κ1) is 46.9. The summed E-state index contributed by atoms with van der Waals surface area (Å²) in [7, 11) is 0. The minimum absolute atomic E-state index is 0.460. The summed E-state index contributed by atoms with van der Waals surface area (Å²) in [5, 5.41) is 0. The van der Waals surface area contributed by atoms with E-state index in [1.54, 1.807) is 0 Å². The Morgan fingerprint density at radius 2 is 0.600 bits per heavy atom. The Labute approximate surface area is 417 Å². The topological polar surface area (TPSA) is 9.72 Å². The van der Waals surface area contributed by atoms with Crippen LogP contribution in [0.25, 0.3) is 24.3 Å². The third kappa shape index (κ3) is 10.6. The van der Waals surface area contributed by atoms with Crippen LogP contribution in [0.5, 0.6) is 0 Å². The average molecular weight is 910 g/mol. The van der Waals surface area contributed by atoms with Crippen molar-refractivity contribution >= 4 is 75.5 Å². The normalized spacial score (nSPS) is 11.4. The molecule has 0 aliphatic carbocycles. The molecule has 0 aliphatic rings. The van der Waals surface area contributed by atoms with Crippen molar-refractivity contribution in [3.8, 4) is 0 Å². The molecule has 0 saturated heterocycles. The SMILES string of the molecule is CCc1cccc(C)c1N(c1ccccc1)c1ccc(C=Cc2ccc(N(c3ccc(C=Cc4ccc(N(c5ccccc5)c5c(C)cccc5CC)cc4)cc3)c3ccc(C(C)C)cc3)cc2)cc1. The Bertz CT molecular complexity index is 2970. The smallest absolute Gasteiger partial charge is 0.0522 e. The average Bonchev–Trinajstić information content (AvgIpc) is 3.40. The molecule has 0 N–H and O–H groups in total. The Morgan fingerprint density at radius 3 is 0.900 bits per heavy atom. The fourth-order valence-electron chi connectivity index (χ4n) is 9.40. The minimum atomic E-state index is 0.460. The summed E-state index contributed by atoms with van der Waals surface area (Å²) >= 11 is 0. The number of benzene rings is 9. The summed E-state index contributed by atoms with van der Waals surface area (Å²) in [6.45, 7) is 13.4. The molecule has 0 amide bonds. The summed E-state index contributed by atoms with van der Waals surface area (Å²) in [4.78, 5) is 7.12. The molecule has 0 radical (unpaired) electrons. The summed E-state index contributed by atoms with van der Waals surface area (Å²) < 4.78 is 0. The minimum Gasteiger partial charge on any atom is -0.311 e. The Hall–Kier alpha value is -8.14. The monoisotopic (exact) mass is 910 g/mol. The van der Waals surface area contributed by atoms with Gasteiger partial charge in [-0.15, -0.1) is 0 Å². The first-order chi connectivity index (χ1) is 34.3. The van der Waals surface area contributed by atoms with Crippen LogP contribution in [0.1, 0.15) is 83.7 Å². The zero-order valence-electron chi connectivity index (χ0n) is 41.4. The van der Waals surface area contributed by atoms with Gasteiger partial charge in [0.2, 0.25) is 0 Å². The van der Waals surface area contributed by atoms with Gasteiger partial charge in [0.1, 0.15) is 0 Å². The van der Waals surface area contributed by atoms with E-state index in [-0.39, 0.29) is 0 Å². The van der Waals surface area contributed by atoms with Gasteiger partial charge in [-0.3, -0.25) is 0 Å². The fourth-order valence-corrected chi connectivity index (χ4v) is 9.40. The highest BCUT2D eigenvalue weighted by molar-refractivity contribution is 5.84. The first-order valence-corrected chi connectivity index (χ1v) is 24.8. The maximum atomic E-state index is 2.39. The Kier molecular flexibility index (Phi) is 14.7. The lowest BCUT2D eigenvalue weighted by Gasteiger charge is -2.29. The van der Waals surface area contributed by atoms with Crippen LogP contribution in [0.4, 0.5) is 51.2 Å². The first-order valence-electron chi connectivity index (χ1n) is 24.8. The van der Waals surface area contributed by atoms with Gasteiger partial charge in [0.05, 0.1) is 11.4 Å². The summed E-state index contributed by atoms with van der Waals surface area (Å²) in [6, 6.07) is 79.1. The number of para-hydroxylation sites is 4. The molecule has 9 rings (SSSR count). The molecule has 346 valence electrons. The molecule has 0 spiro atoms. The molecule has 9 aromatic rings. The zero-order chi connectivity index (χ0) is 48.4. The van der Waals surface area contributed by atoms with Crippen LogP contribution in [0.15, 0.2) is 218 Å². The van der Waals surface area contributed by atoms with E-state index in [2.05, 4.69) is 299 Å². The highest BCUT2D eigenvalue weighted by Gasteiger charge is 2.19. The van der Waals surface area contributed by atoms with E-state index < -0.39 is 0 Å². The third-order valence-corrected chi connectivity index (χ3v) is 13.2. The van der Waals surface area contributed by atoms with E-state index in [0.717, 1.165) is 74.9 Å².